The fourth-order valence-electron chi connectivity index (χ4n) is 1.47. The van der Waals surface area contributed by atoms with Crippen molar-refractivity contribution < 1.29 is 27.3 Å². The third-order valence-electron chi connectivity index (χ3n) is 2.32. The largest absolute Gasteiger partial charge is 0.332 e. The van der Waals surface area contributed by atoms with Gasteiger partial charge in [0.25, 0.3) is 5.56 Å². The van der Waals surface area contributed by atoms with Gasteiger partial charge in [-0.25, -0.2) is 9.78 Å². The van der Waals surface area contributed by atoms with Crippen LogP contribution in [-0.2, 0) is 48.4 Å². The summed E-state index contributed by atoms with van der Waals surface area (Å²) in [4.78, 5) is 27.2. The molecular weight excluding hydrogens is 297 g/mol. The maximum absolute atomic E-state index is 11.7. The van der Waals surface area contributed by atoms with Gasteiger partial charge in [-0.3, -0.25) is 13.9 Å². The molecule has 2 heterocycles. The second-order valence-corrected chi connectivity index (χ2v) is 3.23. The van der Waals surface area contributed by atoms with Gasteiger partial charge >= 0.3 is 5.69 Å². The minimum Gasteiger partial charge on any atom is -0.328 e. The molecule has 0 fully saturated rings. The number of aromatic nitrogens is 4. The molecule has 0 saturated carbocycles. The summed E-state index contributed by atoms with van der Waals surface area (Å²) in [5.41, 5.74) is 0.180. The van der Waals surface area contributed by atoms with Gasteiger partial charge in [-0.1, -0.05) is 0 Å². The minimum atomic E-state index is -0.360. The van der Waals surface area contributed by atoms with Crippen molar-refractivity contribution in [3.63, 3.8) is 0 Å². The van der Waals surface area contributed by atoms with Gasteiger partial charge in [0.05, 0.1) is 6.33 Å². The number of hydrogen-bond donors (Lipinski definition) is 0. The fraction of sp³-hybridized carbons (Fsp3) is 0.375. The van der Waals surface area contributed by atoms with Gasteiger partial charge in [-0.2, -0.15) is 0 Å². The molecule has 6 nitrogen and oxygen atoms in total. The van der Waals surface area contributed by atoms with Crippen LogP contribution >= 0.6 is 0 Å². The Labute approximate surface area is 105 Å². The summed E-state index contributed by atoms with van der Waals surface area (Å²) in [6.45, 7) is 0. The molecule has 0 aliphatic rings. The van der Waals surface area contributed by atoms with Crippen molar-refractivity contribution in [2.24, 2.45) is 21.1 Å². The van der Waals surface area contributed by atoms with E-state index in [0.717, 1.165) is 4.57 Å². The Bertz CT molecular complexity index is 622. The first kappa shape index (κ1) is 12.1. The average molecular weight is 307 g/mol. The molecule has 0 aliphatic heterocycles. The van der Waals surface area contributed by atoms with Crippen molar-refractivity contribution in [1.82, 2.24) is 18.7 Å². The molecule has 0 aromatic carbocycles. The summed E-state index contributed by atoms with van der Waals surface area (Å²) in [6.07, 6.45) is 1.52. The van der Waals surface area contributed by atoms with Gasteiger partial charge in [0.1, 0.15) is 0 Å². The Morgan fingerprint density at radius 2 is 1.73 bits per heavy atom. The maximum atomic E-state index is 11.7. The molecule has 0 aliphatic carbocycles. The predicted molar refractivity (Wildman–Crippen MR) is 51.2 cm³/mol. The van der Waals surface area contributed by atoms with Crippen molar-refractivity contribution in [3.8, 4) is 0 Å². The second-order valence-electron chi connectivity index (χ2n) is 3.23. The number of rotatable bonds is 0. The summed E-state index contributed by atoms with van der Waals surface area (Å²) in [7, 11) is 4.77. The van der Waals surface area contributed by atoms with E-state index in [1.165, 1.54) is 17.9 Å². The van der Waals surface area contributed by atoms with E-state index < -0.39 is 0 Å². The van der Waals surface area contributed by atoms with Crippen molar-refractivity contribution in [2.45, 2.75) is 0 Å². The number of aryl methyl sites for hydroxylation is 2. The van der Waals surface area contributed by atoms with Crippen LogP contribution < -0.4 is 11.2 Å². The maximum Gasteiger partial charge on any atom is 0.332 e. The molecule has 0 unspecified atom stereocenters. The van der Waals surface area contributed by atoms with Gasteiger partial charge in [0.15, 0.2) is 11.2 Å². The molecule has 0 N–H and O–H groups in total. The first-order valence-electron chi connectivity index (χ1n) is 4.11. The van der Waals surface area contributed by atoms with Crippen LogP contribution in [0.15, 0.2) is 15.9 Å². The van der Waals surface area contributed by atoms with Gasteiger partial charge in [-0.15, -0.1) is 0 Å². The Balaban J connectivity index is 0.00000112. The van der Waals surface area contributed by atoms with Crippen molar-refractivity contribution in [1.29, 1.82) is 0 Å². The normalized spacial score (nSPS) is 10.3. The SMILES string of the molecule is Cn1c(=O)c2c(ncn2C)n(C)c1=O.[Cd]. The van der Waals surface area contributed by atoms with E-state index in [-0.39, 0.29) is 38.5 Å². The summed E-state index contributed by atoms with van der Waals surface area (Å²) in [5.74, 6) is 0. The molecule has 0 atom stereocenters. The van der Waals surface area contributed by atoms with Gasteiger partial charge in [-0.05, 0) is 0 Å². The van der Waals surface area contributed by atoms with E-state index in [0.29, 0.717) is 11.2 Å². The average Bonchev–Trinajstić information content (AvgIpc) is 2.54. The summed E-state index contributed by atoms with van der Waals surface area (Å²) >= 11 is 0. The summed E-state index contributed by atoms with van der Waals surface area (Å²) in [5, 5.41) is 0. The molecule has 2 rings (SSSR count). The molecule has 0 spiro atoms. The molecule has 2 aromatic heterocycles. The van der Waals surface area contributed by atoms with E-state index in [1.54, 1.807) is 18.7 Å². The summed E-state index contributed by atoms with van der Waals surface area (Å²) in [6, 6.07) is 0. The Morgan fingerprint density at radius 3 is 2.33 bits per heavy atom. The van der Waals surface area contributed by atoms with Crippen LogP contribution in [0.4, 0.5) is 0 Å². The molecule has 0 amide bonds. The van der Waals surface area contributed by atoms with Crippen molar-refractivity contribution in [3.05, 3.63) is 27.2 Å². The molecule has 7 heteroatoms. The number of nitrogens with zero attached hydrogens (tertiary/aromatic N) is 4. The topological polar surface area (TPSA) is 61.8 Å². The van der Waals surface area contributed by atoms with E-state index in [1.807, 2.05) is 0 Å². The van der Waals surface area contributed by atoms with Gasteiger partial charge in [0.2, 0.25) is 0 Å². The number of imidazole rings is 1. The zero-order valence-corrected chi connectivity index (χ0v) is 12.9. The molecular formula is C8H10CdN4O2. The zero-order valence-electron chi connectivity index (χ0n) is 8.89. The molecule has 0 bridgehead atoms. The van der Waals surface area contributed by atoms with Crippen LogP contribution in [-0.4, -0.2) is 18.7 Å². The van der Waals surface area contributed by atoms with Crippen LogP contribution in [0.3, 0.4) is 0 Å². The van der Waals surface area contributed by atoms with Crippen LogP contribution in [0, 0.1) is 0 Å². The molecule has 15 heavy (non-hydrogen) atoms. The van der Waals surface area contributed by atoms with E-state index in [2.05, 4.69) is 4.98 Å². The smallest absolute Gasteiger partial charge is 0.328 e. The van der Waals surface area contributed by atoms with Crippen molar-refractivity contribution >= 4 is 11.2 Å². The van der Waals surface area contributed by atoms with E-state index in [4.69, 9.17) is 0 Å². The van der Waals surface area contributed by atoms with E-state index in [9.17, 15) is 9.59 Å². The fourth-order valence-corrected chi connectivity index (χ4v) is 1.47. The zero-order chi connectivity index (χ0) is 10.5. The van der Waals surface area contributed by atoms with Gasteiger partial charge < -0.3 is 4.57 Å². The van der Waals surface area contributed by atoms with Crippen LogP contribution in [0.25, 0.3) is 11.2 Å². The number of hydrogen-bond acceptors (Lipinski definition) is 3. The predicted octanol–water partition coefficient (Wildman–Crippen LogP) is -1.03. The van der Waals surface area contributed by atoms with E-state index >= 15 is 0 Å². The molecule has 2 aromatic rings. The third kappa shape index (κ3) is 1.56. The standard InChI is InChI=1S/C8H10N4O2.Cd/c1-10-4-9-6-5(10)7(13)12(3)8(14)11(6)2;/h4H,1-3H3;. The molecule has 0 saturated heterocycles. The molecule has 0 radical (unpaired) electrons. The first-order chi connectivity index (χ1) is 6.54. The Hall–Kier alpha value is -0.928. The number of fused-ring (bicyclic) bond motifs is 1. The van der Waals surface area contributed by atoms with Gasteiger partial charge in [0, 0.05) is 48.4 Å². The van der Waals surface area contributed by atoms with Crippen molar-refractivity contribution in [2.75, 3.05) is 0 Å². The molecule has 76 valence electrons. The van der Waals surface area contributed by atoms with Crippen LogP contribution in [0.5, 0.6) is 0 Å². The third-order valence-corrected chi connectivity index (χ3v) is 2.32. The monoisotopic (exact) mass is 308 g/mol. The summed E-state index contributed by atoms with van der Waals surface area (Å²) < 4.78 is 4.04. The Kier molecular flexibility index (Phi) is 3.17. The second kappa shape index (κ2) is 3.91. The quantitative estimate of drug-likeness (QED) is 0.585. The van der Waals surface area contributed by atoms with Crippen LogP contribution in [0.2, 0.25) is 0 Å². The first-order valence-corrected chi connectivity index (χ1v) is 4.11. The van der Waals surface area contributed by atoms with Crippen LogP contribution in [0.1, 0.15) is 0 Å². The Morgan fingerprint density at radius 1 is 1.13 bits per heavy atom. The minimum absolute atomic E-state index is 0.